The Morgan fingerprint density at radius 3 is 2.29 bits per heavy atom. The minimum absolute atomic E-state index is 0.273. The molecular weight excluding hydrogens is 350 g/mol. The summed E-state index contributed by atoms with van der Waals surface area (Å²) in [6, 6.07) is 26.0. The summed E-state index contributed by atoms with van der Waals surface area (Å²) in [4.78, 5) is 11.7. The Morgan fingerprint density at radius 2 is 1.54 bits per heavy atom. The smallest absolute Gasteiger partial charge is 0.338 e. The second-order valence-electron chi connectivity index (χ2n) is 6.54. The lowest BCUT2D eigenvalue weighted by Crippen LogP contribution is -2.80. The maximum atomic E-state index is 11.7. The molecule has 0 bridgehead atoms. The second kappa shape index (κ2) is 10.3. The highest BCUT2D eigenvalue weighted by Gasteiger charge is 2.06. The van der Waals surface area contributed by atoms with E-state index in [1.807, 2.05) is 61.5 Å². The first-order valence-corrected chi connectivity index (χ1v) is 9.58. The zero-order valence-corrected chi connectivity index (χ0v) is 16.1. The first-order valence-electron chi connectivity index (χ1n) is 9.58. The lowest BCUT2D eigenvalue weighted by molar-refractivity contribution is -0.686. The minimum atomic E-state index is -0.273. The zero-order valence-electron chi connectivity index (χ0n) is 16.1. The van der Waals surface area contributed by atoms with Gasteiger partial charge in [-0.2, -0.15) is 0 Å². The molecule has 144 valence electrons. The summed E-state index contributed by atoms with van der Waals surface area (Å²) in [5.41, 5.74) is 4.14. The molecule has 0 aliphatic rings. The van der Waals surface area contributed by atoms with Crippen molar-refractivity contribution < 1.29 is 19.6 Å². The maximum Gasteiger partial charge on any atom is 0.338 e. The van der Waals surface area contributed by atoms with Gasteiger partial charge in [-0.3, -0.25) is 0 Å². The second-order valence-corrected chi connectivity index (χ2v) is 6.54. The standard InChI is InChI=1S/C24H25NO3/c1-2-27-24(26)22-13-11-19(12-14-22)16-25-17-21-9-6-10-23(15-21)28-18-20-7-4-3-5-8-20/h3-15,25H,2,16-18H2,1H3/p+1. The highest BCUT2D eigenvalue weighted by molar-refractivity contribution is 5.89. The number of esters is 1. The number of hydrogen-bond acceptors (Lipinski definition) is 3. The van der Waals surface area contributed by atoms with Crippen LogP contribution in [0.25, 0.3) is 0 Å². The quantitative estimate of drug-likeness (QED) is 0.579. The molecule has 0 heterocycles. The Hall–Kier alpha value is -3.11. The number of carbonyl (C=O) groups is 1. The van der Waals surface area contributed by atoms with E-state index in [1.54, 1.807) is 0 Å². The molecule has 0 fully saturated rings. The predicted molar refractivity (Wildman–Crippen MR) is 109 cm³/mol. The lowest BCUT2D eigenvalue weighted by atomic mass is 10.1. The number of quaternary nitrogens is 1. The summed E-state index contributed by atoms with van der Waals surface area (Å²) in [6.45, 7) is 4.48. The van der Waals surface area contributed by atoms with Crippen molar-refractivity contribution in [3.8, 4) is 5.75 Å². The molecule has 0 amide bonds. The van der Waals surface area contributed by atoms with E-state index in [4.69, 9.17) is 9.47 Å². The fraction of sp³-hybridized carbons (Fsp3) is 0.208. The first kappa shape index (κ1) is 19.6. The fourth-order valence-corrected chi connectivity index (χ4v) is 2.90. The molecule has 3 aromatic carbocycles. The van der Waals surface area contributed by atoms with Gasteiger partial charge in [-0.05, 0) is 36.8 Å². The normalized spacial score (nSPS) is 10.5. The molecule has 0 radical (unpaired) electrons. The van der Waals surface area contributed by atoms with Gasteiger partial charge in [0.25, 0.3) is 0 Å². The molecule has 0 saturated carbocycles. The van der Waals surface area contributed by atoms with Crippen LogP contribution in [0.5, 0.6) is 5.75 Å². The number of rotatable bonds is 9. The van der Waals surface area contributed by atoms with E-state index in [2.05, 4.69) is 29.6 Å². The fourth-order valence-electron chi connectivity index (χ4n) is 2.90. The van der Waals surface area contributed by atoms with Gasteiger partial charge in [-0.25, -0.2) is 4.79 Å². The highest BCUT2D eigenvalue weighted by atomic mass is 16.5. The average molecular weight is 376 g/mol. The van der Waals surface area contributed by atoms with Crippen LogP contribution in [0.15, 0.2) is 78.9 Å². The van der Waals surface area contributed by atoms with E-state index in [1.165, 1.54) is 11.1 Å². The molecule has 0 aromatic heterocycles. The van der Waals surface area contributed by atoms with Crippen molar-refractivity contribution in [1.29, 1.82) is 0 Å². The number of carbonyl (C=O) groups excluding carboxylic acids is 1. The molecule has 4 nitrogen and oxygen atoms in total. The van der Waals surface area contributed by atoms with Crippen molar-refractivity contribution in [2.75, 3.05) is 6.61 Å². The first-order chi connectivity index (χ1) is 13.7. The van der Waals surface area contributed by atoms with Crippen molar-refractivity contribution in [1.82, 2.24) is 0 Å². The van der Waals surface area contributed by atoms with Crippen molar-refractivity contribution in [2.45, 2.75) is 26.6 Å². The van der Waals surface area contributed by atoms with E-state index in [-0.39, 0.29) is 5.97 Å². The summed E-state index contributed by atoms with van der Waals surface area (Å²) >= 11 is 0. The average Bonchev–Trinajstić information content (AvgIpc) is 2.74. The van der Waals surface area contributed by atoms with E-state index in [9.17, 15) is 4.79 Å². The van der Waals surface area contributed by atoms with Gasteiger partial charge in [0.2, 0.25) is 0 Å². The molecular formula is C24H26NO3+. The number of hydrogen-bond donors (Lipinski definition) is 1. The number of benzene rings is 3. The molecule has 0 saturated heterocycles. The van der Waals surface area contributed by atoms with E-state index in [0.717, 1.165) is 24.4 Å². The van der Waals surface area contributed by atoms with Crippen LogP contribution in [0.2, 0.25) is 0 Å². The third-order valence-electron chi connectivity index (χ3n) is 4.37. The van der Waals surface area contributed by atoms with Gasteiger partial charge in [0.1, 0.15) is 25.4 Å². The van der Waals surface area contributed by atoms with Crippen LogP contribution in [-0.4, -0.2) is 12.6 Å². The Balaban J connectivity index is 1.47. The zero-order chi connectivity index (χ0) is 19.6. The van der Waals surface area contributed by atoms with Crippen LogP contribution in [0.1, 0.15) is 34.0 Å². The molecule has 0 aliphatic carbocycles. The van der Waals surface area contributed by atoms with Gasteiger partial charge in [-0.15, -0.1) is 0 Å². The summed E-state index contributed by atoms with van der Waals surface area (Å²) in [7, 11) is 0. The van der Waals surface area contributed by atoms with Gasteiger partial charge in [0.05, 0.1) is 12.2 Å². The van der Waals surface area contributed by atoms with Gasteiger partial charge in [0.15, 0.2) is 0 Å². The maximum absolute atomic E-state index is 11.7. The monoisotopic (exact) mass is 376 g/mol. The van der Waals surface area contributed by atoms with Crippen LogP contribution < -0.4 is 10.1 Å². The van der Waals surface area contributed by atoms with Gasteiger partial charge in [-0.1, -0.05) is 54.6 Å². The highest BCUT2D eigenvalue weighted by Crippen LogP contribution is 2.14. The number of nitrogens with two attached hydrogens (primary N) is 1. The molecule has 2 N–H and O–H groups in total. The van der Waals surface area contributed by atoms with Crippen molar-refractivity contribution in [3.63, 3.8) is 0 Å². The van der Waals surface area contributed by atoms with E-state index in [0.29, 0.717) is 18.8 Å². The SMILES string of the molecule is CCOC(=O)c1ccc(C[NH2+]Cc2cccc(OCc3ccccc3)c2)cc1. The summed E-state index contributed by atoms with van der Waals surface area (Å²) < 4.78 is 10.9. The molecule has 4 heteroatoms. The van der Waals surface area contributed by atoms with Crippen LogP contribution in [0, 0.1) is 0 Å². The van der Waals surface area contributed by atoms with Crippen LogP contribution in [-0.2, 0) is 24.4 Å². The van der Waals surface area contributed by atoms with Crippen LogP contribution >= 0.6 is 0 Å². The molecule has 0 spiro atoms. The summed E-state index contributed by atoms with van der Waals surface area (Å²) in [5.74, 6) is 0.610. The molecule has 3 rings (SSSR count). The van der Waals surface area contributed by atoms with Crippen LogP contribution in [0.4, 0.5) is 0 Å². The summed E-state index contributed by atoms with van der Waals surface area (Å²) in [6.07, 6.45) is 0. The van der Waals surface area contributed by atoms with Crippen molar-refractivity contribution in [2.24, 2.45) is 0 Å². The van der Waals surface area contributed by atoms with Gasteiger partial charge >= 0.3 is 5.97 Å². The Kier molecular flexibility index (Phi) is 7.21. The third kappa shape index (κ3) is 5.96. The van der Waals surface area contributed by atoms with Crippen molar-refractivity contribution in [3.05, 3.63) is 101 Å². The van der Waals surface area contributed by atoms with Gasteiger partial charge < -0.3 is 14.8 Å². The Labute approximate surface area is 166 Å². The molecule has 0 atom stereocenters. The minimum Gasteiger partial charge on any atom is -0.489 e. The molecule has 28 heavy (non-hydrogen) atoms. The summed E-state index contributed by atoms with van der Waals surface area (Å²) in [5, 5.41) is 2.23. The lowest BCUT2D eigenvalue weighted by Gasteiger charge is -2.08. The molecule has 0 aliphatic heterocycles. The van der Waals surface area contributed by atoms with E-state index >= 15 is 0 Å². The topological polar surface area (TPSA) is 52.1 Å². The Morgan fingerprint density at radius 1 is 0.821 bits per heavy atom. The predicted octanol–water partition coefficient (Wildman–Crippen LogP) is 3.71. The Bertz CT molecular complexity index is 876. The van der Waals surface area contributed by atoms with E-state index < -0.39 is 0 Å². The third-order valence-corrected chi connectivity index (χ3v) is 4.37. The number of ether oxygens (including phenoxy) is 2. The molecule has 3 aromatic rings. The molecule has 0 unspecified atom stereocenters. The van der Waals surface area contributed by atoms with Crippen molar-refractivity contribution >= 4 is 5.97 Å². The largest absolute Gasteiger partial charge is 0.489 e. The van der Waals surface area contributed by atoms with Crippen LogP contribution in [0.3, 0.4) is 0 Å². The van der Waals surface area contributed by atoms with Gasteiger partial charge in [0, 0.05) is 11.1 Å².